The van der Waals surface area contributed by atoms with Crippen molar-refractivity contribution in [1.82, 2.24) is 0 Å². The normalized spacial score (nSPS) is 16.6. The molecule has 0 N–H and O–H groups in total. The van der Waals surface area contributed by atoms with Gasteiger partial charge in [-0.15, -0.1) is 0 Å². The smallest absolute Gasteiger partial charge is 0.269 e. The van der Waals surface area contributed by atoms with Crippen LogP contribution >= 0.6 is 0 Å². The van der Waals surface area contributed by atoms with E-state index in [-0.39, 0.29) is 16.8 Å². The van der Waals surface area contributed by atoms with Crippen LogP contribution in [0.15, 0.2) is 35.4 Å². The number of carbonyl (C=O) groups is 2. The van der Waals surface area contributed by atoms with Crippen molar-refractivity contribution in [2.75, 3.05) is 4.90 Å². The van der Waals surface area contributed by atoms with Crippen LogP contribution in [0.4, 0.5) is 18.9 Å². The van der Waals surface area contributed by atoms with Crippen molar-refractivity contribution in [3.05, 3.63) is 41.0 Å². The Labute approximate surface area is 107 Å². The van der Waals surface area contributed by atoms with Crippen LogP contribution in [-0.2, 0) is 15.8 Å². The second-order valence-corrected chi connectivity index (χ2v) is 4.24. The van der Waals surface area contributed by atoms with E-state index in [2.05, 4.69) is 0 Å². The molecule has 0 aromatic heterocycles. The van der Waals surface area contributed by atoms with Gasteiger partial charge in [0, 0.05) is 11.1 Å². The first-order valence-electron chi connectivity index (χ1n) is 5.47. The van der Waals surface area contributed by atoms with Gasteiger partial charge in [-0.2, -0.15) is 13.2 Å². The number of nitrogens with zero attached hydrogens (tertiary/aromatic N) is 1. The van der Waals surface area contributed by atoms with Gasteiger partial charge in [-0.25, -0.2) is 4.90 Å². The molecule has 1 aliphatic rings. The SMILES string of the molecule is CC1=C(C)C(=O)N(c2cccc(C(F)(F)F)c2)C1=O. The summed E-state index contributed by atoms with van der Waals surface area (Å²) < 4.78 is 37.8. The fourth-order valence-corrected chi connectivity index (χ4v) is 1.80. The lowest BCUT2D eigenvalue weighted by molar-refractivity contribution is -0.137. The zero-order valence-corrected chi connectivity index (χ0v) is 10.2. The number of rotatable bonds is 1. The predicted molar refractivity (Wildman–Crippen MR) is 62.3 cm³/mol. The molecule has 0 bridgehead atoms. The summed E-state index contributed by atoms with van der Waals surface area (Å²) in [4.78, 5) is 24.5. The van der Waals surface area contributed by atoms with E-state index in [9.17, 15) is 22.8 Å². The molecule has 6 heteroatoms. The lowest BCUT2D eigenvalue weighted by atomic mass is 10.2. The minimum Gasteiger partial charge on any atom is -0.269 e. The number of imide groups is 1. The highest BCUT2D eigenvalue weighted by molar-refractivity contribution is 6.32. The maximum absolute atomic E-state index is 12.6. The summed E-state index contributed by atoms with van der Waals surface area (Å²) in [5.74, 6) is -1.16. The molecule has 1 aliphatic heterocycles. The van der Waals surface area contributed by atoms with E-state index < -0.39 is 23.6 Å². The van der Waals surface area contributed by atoms with Gasteiger partial charge in [0.25, 0.3) is 11.8 Å². The Bertz CT molecular complexity index is 578. The summed E-state index contributed by atoms with van der Waals surface area (Å²) >= 11 is 0. The van der Waals surface area contributed by atoms with Gasteiger partial charge in [0.15, 0.2) is 0 Å². The maximum Gasteiger partial charge on any atom is 0.416 e. The highest BCUT2D eigenvalue weighted by Crippen LogP contribution is 2.33. The number of anilines is 1. The minimum absolute atomic E-state index is 0.0685. The van der Waals surface area contributed by atoms with Crippen molar-refractivity contribution in [1.29, 1.82) is 0 Å². The van der Waals surface area contributed by atoms with Gasteiger partial charge in [-0.3, -0.25) is 9.59 Å². The molecule has 1 aromatic rings. The van der Waals surface area contributed by atoms with Gasteiger partial charge >= 0.3 is 6.18 Å². The molecule has 0 fully saturated rings. The molecule has 0 radical (unpaired) electrons. The summed E-state index contributed by atoms with van der Waals surface area (Å²) in [5, 5.41) is 0. The molecule has 100 valence electrons. The van der Waals surface area contributed by atoms with E-state index in [0.29, 0.717) is 0 Å². The van der Waals surface area contributed by atoms with Gasteiger partial charge < -0.3 is 0 Å². The van der Waals surface area contributed by atoms with Crippen LogP contribution in [-0.4, -0.2) is 11.8 Å². The first-order valence-corrected chi connectivity index (χ1v) is 5.47. The van der Waals surface area contributed by atoms with Crippen molar-refractivity contribution in [3.63, 3.8) is 0 Å². The number of carbonyl (C=O) groups excluding carboxylic acids is 2. The lowest BCUT2D eigenvalue weighted by Crippen LogP contribution is -2.31. The number of hydrogen-bond acceptors (Lipinski definition) is 2. The van der Waals surface area contributed by atoms with Crippen molar-refractivity contribution >= 4 is 17.5 Å². The Kier molecular flexibility index (Phi) is 2.96. The first kappa shape index (κ1) is 13.3. The third-order valence-electron chi connectivity index (χ3n) is 3.04. The lowest BCUT2D eigenvalue weighted by Gasteiger charge is -2.16. The highest BCUT2D eigenvalue weighted by atomic mass is 19.4. The molecule has 0 saturated heterocycles. The van der Waals surface area contributed by atoms with Crippen LogP contribution in [0.5, 0.6) is 0 Å². The zero-order chi connectivity index (χ0) is 14.4. The number of hydrogen-bond donors (Lipinski definition) is 0. The number of alkyl halides is 3. The molecule has 2 amide bonds. The van der Waals surface area contributed by atoms with Gasteiger partial charge in [0.2, 0.25) is 0 Å². The van der Waals surface area contributed by atoms with Crippen LogP contribution < -0.4 is 4.90 Å². The largest absolute Gasteiger partial charge is 0.416 e. The Morgan fingerprint density at radius 2 is 1.53 bits per heavy atom. The fourth-order valence-electron chi connectivity index (χ4n) is 1.80. The van der Waals surface area contributed by atoms with Crippen molar-refractivity contribution in [3.8, 4) is 0 Å². The van der Waals surface area contributed by atoms with Crippen molar-refractivity contribution in [2.45, 2.75) is 20.0 Å². The van der Waals surface area contributed by atoms with Crippen LogP contribution in [0.1, 0.15) is 19.4 Å². The quantitative estimate of drug-likeness (QED) is 0.735. The Balaban J connectivity index is 2.46. The van der Waals surface area contributed by atoms with Crippen LogP contribution in [0.25, 0.3) is 0 Å². The molecule has 0 spiro atoms. The number of benzene rings is 1. The molecule has 19 heavy (non-hydrogen) atoms. The molecule has 1 heterocycles. The zero-order valence-electron chi connectivity index (χ0n) is 10.2. The van der Waals surface area contributed by atoms with Crippen molar-refractivity contribution in [2.24, 2.45) is 0 Å². The predicted octanol–water partition coefficient (Wildman–Crippen LogP) is 2.92. The maximum atomic E-state index is 12.6. The van der Waals surface area contributed by atoms with E-state index >= 15 is 0 Å². The van der Waals surface area contributed by atoms with E-state index in [1.807, 2.05) is 0 Å². The Morgan fingerprint density at radius 1 is 1.00 bits per heavy atom. The van der Waals surface area contributed by atoms with E-state index in [1.54, 1.807) is 0 Å². The number of amides is 2. The van der Waals surface area contributed by atoms with Crippen LogP contribution in [0.3, 0.4) is 0 Å². The third-order valence-corrected chi connectivity index (χ3v) is 3.04. The van der Waals surface area contributed by atoms with Crippen molar-refractivity contribution < 1.29 is 22.8 Å². The molecule has 0 unspecified atom stereocenters. The molecular weight excluding hydrogens is 259 g/mol. The standard InChI is InChI=1S/C13H10F3NO2/c1-7-8(2)12(19)17(11(7)18)10-5-3-4-9(6-10)13(14,15)16/h3-6H,1-2H3. The summed E-state index contributed by atoms with van der Waals surface area (Å²) in [6.07, 6.45) is -4.51. The molecule has 0 saturated carbocycles. The molecule has 2 rings (SSSR count). The van der Waals surface area contributed by atoms with Gasteiger partial charge in [0.05, 0.1) is 11.3 Å². The Hall–Kier alpha value is -2.11. The average molecular weight is 269 g/mol. The topological polar surface area (TPSA) is 37.4 Å². The Morgan fingerprint density at radius 3 is 2.00 bits per heavy atom. The van der Waals surface area contributed by atoms with Gasteiger partial charge in [0.1, 0.15) is 0 Å². The van der Waals surface area contributed by atoms with E-state index in [4.69, 9.17) is 0 Å². The highest BCUT2D eigenvalue weighted by Gasteiger charge is 2.36. The van der Waals surface area contributed by atoms with Gasteiger partial charge in [-0.1, -0.05) is 6.07 Å². The van der Waals surface area contributed by atoms with E-state index in [0.717, 1.165) is 17.0 Å². The summed E-state index contributed by atoms with van der Waals surface area (Å²) in [5.41, 5.74) is -0.460. The molecule has 1 aromatic carbocycles. The molecule has 3 nitrogen and oxygen atoms in total. The number of halogens is 3. The third kappa shape index (κ3) is 2.14. The fraction of sp³-hybridized carbons (Fsp3) is 0.231. The second-order valence-electron chi connectivity index (χ2n) is 4.24. The van der Waals surface area contributed by atoms with Crippen LogP contribution in [0, 0.1) is 0 Å². The van der Waals surface area contributed by atoms with Gasteiger partial charge in [-0.05, 0) is 32.0 Å². The summed E-state index contributed by atoms with van der Waals surface area (Å²) in [6.45, 7) is 2.95. The first-order chi connectivity index (χ1) is 8.73. The van der Waals surface area contributed by atoms with E-state index in [1.165, 1.54) is 26.0 Å². The molecular formula is C13H10F3NO2. The monoisotopic (exact) mass is 269 g/mol. The van der Waals surface area contributed by atoms with Crippen LogP contribution in [0.2, 0.25) is 0 Å². The second kappa shape index (κ2) is 4.22. The molecule has 0 aliphatic carbocycles. The summed E-state index contributed by atoms with van der Waals surface area (Å²) in [6, 6.07) is 4.15. The average Bonchev–Trinajstić information content (AvgIpc) is 2.53. The summed E-state index contributed by atoms with van der Waals surface area (Å²) in [7, 11) is 0. The molecule has 0 atom stereocenters. The minimum atomic E-state index is -4.51.